The summed E-state index contributed by atoms with van der Waals surface area (Å²) < 4.78 is 1.93. The average Bonchev–Trinajstić information content (AvgIpc) is 3.31. The summed E-state index contributed by atoms with van der Waals surface area (Å²) in [6.07, 6.45) is 6.34. The van der Waals surface area contributed by atoms with E-state index in [0.29, 0.717) is 0 Å². The fraction of sp³-hybridized carbons (Fsp3) is 0.350. The first-order valence-corrected chi connectivity index (χ1v) is 12.7. The van der Waals surface area contributed by atoms with E-state index in [1.807, 2.05) is 28.8 Å². The number of thioether (sulfide) groups is 2. The van der Waals surface area contributed by atoms with Gasteiger partial charge >= 0.3 is 0 Å². The van der Waals surface area contributed by atoms with Gasteiger partial charge < -0.3 is 5.32 Å². The smallest absolute Gasteiger partial charge is 0.231 e. The molecule has 0 saturated carbocycles. The highest BCUT2D eigenvalue weighted by molar-refractivity contribution is 8.00. The molecule has 0 spiro atoms. The summed E-state index contributed by atoms with van der Waals surface area (Å²) in [5, 5.41) is 13.6. The number of aryl methyl sites for hydroxylation is 2. The lowest BCUT2D eigenvalue weighted by molar-refractivity contribution is -0.119. The number of carbonyl (C=O) groups excluding carboxylic acids is 1. The van der Waals surface area contributed by atoms with Crippen molar-refractivity contribution in [2.45, 2.75) is 31.3 Å². The van der Waals surface area contributed by atoms with Crippen molar-refractivity contribution in [3.05, 3.63) is 47.0 Å². The molecule has 4 aromatic heterocycles. The van der Waals surface area contributed by atoms with Crippen LogP contribution in [0.5, 0.6) is 0 Å². The fourth-order valence-corrected chi connectivity index (χ4v) is 5.63. The number of aromatic nitrogens is 5. The number of amides is 1. The summed E-state index contributed by atoms with van der Waals surface area (Å²) in [5.41, 5.74) is 1.96. The fourth-order valence-electron chi connectivity index (χ4n) is 3.23. The van der Waals surface area contributed by atoms with Crippen LogP contribution in [0.25, 0.3) is 15.9 Å². The van der Waals surface area contributed by atoms with Gasteiger partial charge in [-0.25, -0.2) is 9.97 Å². The monoisotopic (exact) mass is 458 g/mol. The van der Waals surface area contributed by atoms with Crippen molar-refractivity contribution in [1.82, 2.24) is 29.9 Å². The van der Waals surface area contributed by atoms with Gasteiger partial charge in [0, 0.05) is 16.5 Å². The number of nitrogens with zero attached hydrogens (tertiary/aromatic N) is 5. The number of carbonyl (C=O) groups is 1. The summed E-state index contributed by atoms with van der Waals surface area (Å²) in [7, 11) is 0. The quantitative estimate of drug-likeness (QED) is 0.315. The van der Waals surface area contributed by atoms with Gasteiger partial charge in [-0.05, 0) is 50.0 Å². The molecular formula is C20H22N6OS3. The number of hydrogen-bond donors (Lipinski definition) is 1. The molecule has 1 unspecified atom stereocenters. The zero-order valence-electron chi connectivity index (χ0n) is 17.0. The Hall–Kier alpha value is -2.17. The number of pyridine rings is 1. The third-order valence-electron chi connectivity index (χ3n) is 4.87. The van der Waals surface area contributed by atoms with Crippen molar-refractivity contribution in [3.63, 3.8) is 0 Å². The molecule has 0 saturated heterocycles. The molecule has 0 aliphatic rings. The molecule has 7 nitrogen and oxygen atoms in total. The van der Waals surface area contributed by atoms with Gasteiger partial charge in [-0.15, -0.1) is 21.5 Å². The normalized spacial score (nSPS) is 12.5. The Labute approximate surface area is 187 Å². The van der Waals surface area contributed by atoms with E-state index in [-0.39, 0.29) is 17.7 Å². The van der Waals surface area contributed by atoms with Crippen LogP contribution in [0, 0.1) is 13.8 Å². The zero-order valence-corrected chi connectivity index (χ0v) is 19.4. The minimum absolute atomic E-state index is 0.0462. The predicted octanol–water partition coefficient (Wildman–Crippen LogP) is 4.05. The van der Waals surface area contributed by atoms with Crippen molar-refractivity contribution in [3.8, 4) is 0 Å². The van der Waals surface area contributed by atoms with Crippen LogP contribution in [0.1, 0.15) is 28.7 Å². The molecule has 30 heavy (non-hydrogen) atoms. The van der Waals surface area contributed by atoms with E-state index in [4.69, 9.17) is 0 Å². The minimum atomic E-state index is -0.196. The van der Waals surface area contributed by atoms with Gasteiger partial charge in [-0.2, -0.15) is 11.8 Å². The number of nitrogens with one attached hydrogen (secondary N) is 1. The molecule has 4 heterocycles. The van der Waals surface area contributed by atoms with E-state index in [9.17, 15) is 4.79 Å². The lowest BCUT2D eigenvalue weighted by atomic mass is 10.2. The van der Waals surface area contributed by atoms with E-state index in [1.54, 1.807) is 29.4 Å². The second kappa shape index (κ2) is 9.32. The molecule has 0 aromatic carbocycles. The number of rotatable bonds is 8. The lowest BCUT2D eigenvalue weighted by Gasteiger charge is -2.17. The second-order valence-electron chi connectivity index (χ2n) is 6.82. The second-order valence-corrected chi connectivity index (χ2v) is 9.97. The van der Waals surface area contributed by atoms with E-state index in [0.717, 1.165) is 38.9 Å². The van der Waals surface area contributed by atoms with Gasteiger partial charge in [0.15, 0.2) is 11.5 Å². The predicted molar refractivity (Wildman–Crippen MR) is 124 cm³/mol. The molecule has 156 valence electrons. The highest BCUT2D eigenvalue weighted by atomic mass is 32.2. The lowest BCUT2D eigenvalue weighted by Crippen LogP contribution is -2.31. The van der Waals surface area contributed by atoms with E-state index in [1.165, 1.54) is 22.2 Å². The molecule has 0 aliphatic carbocycles. The SMILES string of the molecule is CSCCC(NC(=O)CSc1ncnc2sc(C)c(C)c12)c1nnc2ccccn12. The molecular weight excluding hydrogens is 436 g/mol. The maximum absolute atomic E-state index is 12.8. The van der Waals surface area contributed by atoms with E-state index < -0.39 is 0 Å². The Bertz CT molecular complexity index is 1190. The Morgan fingerprint density at radius 1 is 1.27 bits per heavy atom. The van der Waals surface area contributed by atoms with Gasteiger partial charge in [-0.3, -0.25) is 9.20 Å². The van der Waals surface area contributed by atoms with Gasteiger partial charge in [0.2, 0.25) is 5.91 Å². The van der Waals surface area contributed by atoms with Crippen LogP contribution < -0.4 is 5.32 Å². The topological polar surface area (TPSA) is 85.1 Å². The van der Waals surface area contributed by atoms with Crippen molar-refractivity contribution in [2.75, 3.05) is 17.8 Å². The summed E-state index contributed by atoms with van der Waals surface area (Å²) in [6.45, 7) is 4.17. The molecule has 4 aromatic rings. The van der Waals surface area contributed by atoms with E-state index in [2.05, 4.69) is 45.6 Å². The molecule has 1 N–H and O–H groups in total. The van der Waals surface area contributed by atoms with Crippen LogP contribution in [0.15, 0.2) is 35.7 Å². The number of hydrogen-bond acceptors (Lipinski definition) is 8. The summed E-state index contributed by atoms with van der Waals surface area (Å²) in [5.74, 6) is 1.91. The minimum Gasteiger partial charge on any atom is -0.345 e. The standard InChI is InChI=1S/C20H22N6OS3/c1-12-13(2)30-20-17(12)19(21-11-22-20)29-10-16(27)23-14(7-9-28-3)18-25-24-15-6-4-5-8-26(15)18/h4-6,8,11,14H,7,9-10H2,1-3H3,(H,23,27). The third-order valence-corrected chi connectivity index (χ3v) is 7.62. The first-order chi connectivity index (χ1) is 14.6. The highest BCUT2D eigenvalue weighted by Gasteiger charge is 2.21. The van der Waals surface area contributed by atoms with Gasteiger partial charge in [0.1, 0.15) is 16.2 Å². The molecule has 1 atom stereocenters. The zero-order chi connectivity index (χ0) is 21.1. The average molecular weight is 459 g/mol. The van der Waals surface area contributed by atoms with Crippen LogP contribution in [0.4, 0.5) is 0 Å². The maximum atomic E-state index is 12.8. The molecule has 1 amide bonds. The molecule has 0 aliphatic heterocycles. The van der Waals surface area contributed by atoms with Crippen LogP contribution in [-0.4, -0.2) is 48.2 Å². The van der Waals surface area contributed by atoms with Crippen LogP contribution >= 0.6 is 34.9 Å². The molecule has 0 radical (unpaired) electrons. The van der Waals surface area contributed by atoms with Crippen molar-refractivity contribution in [1.29, 1.82) is 0 Å². The molecule has 4 rings (SSSR count). The van der Waals surface area contributed by atoms with Crippen LogP contribution in [-0.2, 0) is 4.79 Å². The van der Waals surface area contributed by atoms with Crippen molar-refractivity contribution < 1.29 is 4.79 Å². The first kappa shape index (κ1) is 21.1. The summed E-state index contributed by atoms with van der Waals surface area (Å²) >= 11 is 4.85. The van der Waals surface area contributed by atoms with E-state index >= 15 is 0 Å². The van der Waals surface area contributed by atoms with Crippen LogP contribution in [0.2, 0.25) is 0 Å². The largest absolute Gasteiger partial charge is 0.345 e. The Morgan fingerprint density at radius 3 is 2.97 bits per heavy atom. The van der Waals surface area contributed by atoms with Crippen LogP contribution in [0.3, 0.4) is 0 Å². The highest BCUT2D eigenvalue weighted by Crippen LogP contribution is 2.34. The summed E-state index contributed by atoms with van der Waals surface area (Å²) in [4.78, 5) is 23.8. The van der Waals surface area contributed by atoms with Gasteiger partial charge in [0.05, 0.1) is 11.8 Å². The Kier molecular flexibility index (Phi) is 6.55. The van der Waals surface area contributed by atoms with Gasteiger partial charge in [0.25, 0.3) is 0 Å². The van der Waals surface area contributed by atoms with Crippen molar-refractivity contribution >= 4 is 56.6 Å². The Morgan fingerprint density at radius 2 is 2.13 bits per heavy atom. The third kappa shape index (κ3) is 4.30. The molecule has 0 bridgehead atoms. The molecule has 0 fully saturated rings. The maximum Gasteiger partial charge on any atom is 0.231 e. The van der Waals surface area contributed by atoms with Crippen molar-refractivity contribution in [2.24, 2.45) is 0 Å². The number of thiophene rings is 1. The summed E-state index contributed by atoms with van der Waals surface area (Å²) in [6, 6.07) is 5.58. The first-order valence-electron chi connectivity index (χ1n) is 9.50. The number of fused-ring (bicyclic) bond motifs is 2. The molecule has 10 heteroatoms. The van der Waals surface area contributed by atoms with Gasteiger partial charge in [-0.1, -0.05) is 17.8 Å². The Balaban J connectivity index is 1.50.